The van der Waals surface area contributed by atoms with Crippen molar-refractivity contribution in [3.8, 4) is 11.5 Å². The summed E-state index contributed by atoms with van der Waals surface area (Å²) >= 11 is 0. The zero-order valence-corrected chi connectivity index (χ0v) is 13.8. The van der Waals surface area contributed by atoms with E-state index >= 15 is 0 Å². The van der Waals surface area contributed by atoms with E-state index in [0.717, 1.165) is 13.1 Å². The zero-order valence-electron chi connectivity index (χ0n) is 13.8. The number of para-hydroxylation sites is 2. The lowest BCUT2D eigenvalue weighted by atomic mass is 10.1. The van der Waals surface area contributed by atoms with Gasteiger partial charge < -0.3 is 19.7 Å². The van der Waals surface area contributed by atoms with Gasteiger partial charge in [-0.05, 0) is 31.3 Å². The topological polar surface area (TPSA) is 50.8 Å². The molecule has 1 unspecified atom stereocenters. The highest BCUT2D eigenvalue weighted by Gasteiger charge is 2.19. The number of amides is 1. The van der Waals surface area contributed by atoms with Gasteiger partial charge in [-0.3, -0.25) is 4.79 Å². The Morgan fingerprint density at radius 2 is 1.96 bits per heavy atom. The molecule has 1 saturated heterocycles. The number of ether oxygens (including phenoxy) is 2. The van der Waals surface area contributed by atoms with Gasteiger partial charge in [0.15, 0.2) is 0 Å². The first-order valence-corrected chi connectivity index (χ1v) is 8.12. The van der Waals surface area contributed by atoms with E-state index in [1.165, 1.54) is 0 Å². The summed E-state index contributed by atoms with van der Waals surface area (Å²) in [6, 6.07) is 16.7. The largest absolute Gasteiger partial charge is 0.457 e. The second-order valence-corrected chi connectivity index (χ2v) is 5.88. The SMILES string of the molecule is CN1CCOC(CNC(=O)c2ccccc2Oc2ccccc2)C1. The molecule has 0 radical (unpaired) electrons. The molecule has 1 aliphatic heterocycles. The minimum Gasteiger partial charge on any atom is -0.457 e. The van der Waals surface area contributed by atoms with E-state index in [2.05, 4.69) is 17.3 Å². The summed E-state index contributed by atoms with van der Waals surface area (Å²) in [5.41, 5.74) is 0.519. The van der Waals surface area contributed by atoms with E-state index in [-0.39, 0.29) is 12.0 Å². The van der Waals surface area contributed by atoms with Crippen LogP contribution in [0, 0.1) is 0 Å². The number of carbonyl (C=O) groups excluding carboxylic acids is 1. The summed E-state index contributed by atoms with van der Waals surface area (Å²) in [6.45, 7) is 2.94. The van der Waals surface area contributed by atoms with Crippen LogP contribution in [-0.4, -0.2) is 50.2 Å². The first-order valence-electron chi connectivity index (χ1n) is 8.12. The maximum Gasteiger partial charge on any atom is 0.255 e. The predicted molar refractivity (Wildman–Crippen MR) is 92.5 cm³/mol. The summed E-state index contributed by atoms with van der Waals surface area (Å²) in [5.74, 6) is 1.09. The van der Waals surface area contributed by atoms with Crippen LogP contribution in [0.3, 0.4) is 0 Å². The van der Waals surface area contributed by atoms with Gasteiger partial charge in [0, 0.05) is 19.6 Å². The third-order valence-corrected chi connectivity index (χ3v) is 3.93. The van der Waals surface area contributed by atoms with Gasteiger partial charge in [0.25, 0.3) is 5.91 Å². The molecule has 0 saturated carbocycles. The van der Waals surface area contributed by atoms with Gasteiger partial charge in [-0.15, -0.1) is 0 Å². The predicted octanol–water partition coefficient (Wildman–Crippen LogP) is 2.54. The Labute approximate surface area is 142 Å². The first-order chi connectivity index (χ1) is 11.7. The van der Waals surface area contributed by atoms with Crippen molar-refractivity contribution in [2.45, 2.75) is 6.10 Å². The maximum absolute atomic E-state index is 12.5. The van der Waals surface area contributed by atoms with Crippen LogP contribution in [0.5, 0.6) is 11.5 Å². The third kappa shape index (κ3) is 4.34. The fourth-order valence-electron chi connectivity index (χ4n) is 2.65. The molecule has 126 valence electrons. The standard InChI is InChI=1S/C19H22N2O3/c1-21-11-12-23-16(14-21)13-20-19(22)17-9-5-6-10-18(17)24-15-7-3-2-4-8-15/h2-10,16H,11-14H2,1H3,(H,20,22). The Bertz CT molecular complexity index is 675. The molecule has 1 amide bonds. The molecule has 0 aliphatic carbocycles. The molecule has 2 aromatic rings. The molecule has 5 nitrogen and oxygen atoms in total. The lowest BCUT2D eigenvalue weighted by Gasteiger charge is -2.30. The summed E-state index contributed by atoms with van der Waals surface area (Å²) in [5, 5.41) is 2.94. The molecule has 1 aliphatic rings. The second-order valence-electron chi connectivity index (χ2n) is 5.88. The number of carbonyl (C=O) groups is 1. The molecule has 1 atom stereocenters. The highest BCUT2D eigenvalue weighted by atomic mass is 16.5. The lowest BCUT2D eigenvalue weighted by molar-refractivity contribution is -0.0175. The van der Waals surface area contributed by atoms with Crippen molar-refractivity contribution in [3.63, 3.8) is 0 Å². The van der Waals surface area contributed by atoms with E-state index in [1.807, 2.05) is 42.5 Å². The van der Waals surface area contributed by atoms with Gasteiger partial charge in [-0.1, -0.05) is 30.3 Å². The van der Waals surface area contributed by atoms with Gasteiger partial charge >= 0.3 is 0 Å². The van der Waals surface area contributed by atoms with Gasteiger partial charge in [0.05, 0.1) is 18.3 Å². The number of rotatable bonds is 5. The minimum atomic E-state index is -0.154. The number of likely N-dealkylation sites (N-methyl/N-ethyl adjacent to an activating group) is 1. The molecule has 1 fully saturated rings. The van der Waals surface area contributed by atoms with Crippen LogP contribution in [0.1, 0.15) is 10.4 Å². The van der Waals surface area contributed by atoms with E-state index in [0.29, 0.717) is 30.2 Å². The quantitative estimate of drug-likeness (QED) is 0.917. The fourth-order valence-corrected chi connectivity index (χ4v) is 2.65. The van der Waals surface area contributed by atoms with Crippen LogP contribution in [-0.2, 0) is 4.74 Å². The fraction of sp³-hybridized carbons (Fsp3) is 0.316. The average Bonchev–Trinajstić information content (AvgIpc) is 2.61. The molecule has 1 N–H and O–H groups in total. The molecule has 0 spiro atoms. The smallest absolute Gasteiger partial charge is 0.255 e. The summed E-state index contributed by atoms with van der Waals surface area (Å²) in [6.07, 6.45) is 0.0231. The highest BCUT2D eigenvalue weighted by Crippen LogP contribution is 2.24. The molecule has 24 heavy (non-hydrogen) atoms. The zero-order chi connectivity index (χ0) is 16.8. The Morgan fingerprint density at radius 1 is 1.21 bits per heavy atom. The summed E-state index contributed by atoms with van der Waals surface area (Å²) in [4.78, 5) is 14.7. The minimum absolute atomic E-state index is 0.0231. The van der Waals surface area contributed by atoms with Gasteiger partial charge in [0.1, 0.15) is 11.5 Å². The van der Waals surface area contributed by atoms with Crippen LogP contribution in [0.4, 0.5) is 0 Å². The van der Waals surface area contributed by atoms with Crippen LogP contribution in [0.15, 0.2) is 54.6 Å². The Kier molecular flexibility index (Phi) is 5.46. The number of hydrogen-bond donors (Lipinski definition) is 1. The number of hydrogen-bond acceptors (Lipinski definition) is 4. The van der Waals surface area contributed by atoms with Crippen molar-refractivity contribution in [2.24, 2.45) is 0 Å². The molecule has 2 aromatic carbocycles. The first kappa shape index (κ1) is 16.5. The van der Waals surface area contributed by atoms with E-state index in [1.54, 1.807) is 12.1 Å². The molecule has 0 aromatic heterocycles. The average molecular weight is 326 g/mol. The van der Waals surface area contributed by atoms with Crippen LogP contribution >= 0.6 is 0 Å². The normalized spacial score (nSPS) is 18.1. The number of nitrogens with one attached hydrogen (secondary N) is 1. The van der Waals surface area contributed by atoms with Crippen molar-refractivity contribution >= 4 is 5.91 Å². The number of morpholine rings is 1. The van der Waals surface area contributed by atoms with Crippen molar-refractivity contribution < 1.29 is 14.3 Å². The Balaban J connectivity index is 1.64. The monoisotopic (exact) mass is 326 g/mol. The van der Waals surface area contributed by atoms with Crippen molar-refractivity contribution in [1.82, 2.24) is 10.2 Å². The number of nitrogens with zero attached hydrogens (tertiary/aromatic N) is 1. The maximum atomic E-state index is 12.5. The van der Waals surface area contributed by atoms with E-state index in [4.69, 9.17) is 9.47 Å². The molecule has 5 heteroatoms. The molecular formula is C19H22N2O3. The molecule has 3 rings (SSSR count). The van der Waals surface area contributed by atoms with Crippen LogP contribution in [0.25, 0.3) is 0 Å². The Morgan fingerprint density at radius 3 is 2.75 bits per heavy atom. The second kappa shape index (κ2) is 7.95. The van der Waals surface area contributed by atoms with Gasteiger partial charge in [-0.25, -0.2) is 0 Å². The van der Waals surface area contributed by atoms with Crippen LogP contribution < -0.4 is 10.1 Å². The Hall–Kier alpha value is -2.37. The third-order valence-electron chi connectivity index (χ3n) is 3.93. The van der Waals surface area contributed by atoms with Crippen molar-refractivity contribution in [2.75, 3.05) is 33.3 Å². The van der Waals surface area contributed by atoms with E-state index in [9.17, 15) is 4.79 Å². The van der Waals surface area contributed by atoms with Gasteiger partial charge in [0.2, 0.25) is 0 Å². The van der Waals surface area contributed by atoms with Gasteiger partial charge in [-0.2, -0.15) is 0 Å². The van der Waals surface area contributed by atoms with Crippen molar-refractivity contribution in [3.05, 3.63) is 60.2 Å². The summed E-state index contributed by atoms with van der Waals surface area (Å²) in [7, 11) is 2.06. The molecule has 0 bridgehead atoms. The molecule has 1 heterocycles. The van der Waals surface area contributed by atoms with Crippen molar-refractivity contribution in [1.29, 1.82) is 0 Å². The molecular weight excluding hydrogens is 304 g/mol. The summed E-state index contributed by atoms with van der Waals surface area (Å²) < 4.78 is 11.5. The van der Waals surface area contributed by atoms with E-state index < -0.39 is 0 Å². The van der Waals surface area contributed by atoms with Crippen LogP contribution in [0.2, 0.25) is 0 Å². The highest BCUT2D eigenvalue weighted by molar-refractivity contribution is 5.97. The lowest BCUT2D eigenvalue weighted by Crippen LogP contribution is -2.45. The number of benzene rings is 2.